The Morgan fingerprint density at radius 2 is 2.00 bits per heavy atom. The second-order valence-corrected chi connectivity index (χ2v) is 6.04. The van der Waals surface area contributed by atoms with E-state index in [1.165, 1.54) is 25.7 Å². The monoisotopic (exact) mass is 213 g/mol. The van der Waals surface area contributed by atoms with Crippen molar-refractivity contribution in [2.75, 3.05) is 13.7 Å². The number of aliphatic hydroxyl groups excluding tert-OH is 1. The van der Waals surface area contributed by atoms with Gasteiger partial charge in [-0.15, -0.1) is 0 Å². The topological polar surface area (TPSA) is 32.3 Å². The first-order chi connectivity index (χ1) is 6.96. The van der Waals surface area contributed by atoms with E-state index in [1.54, 1.807) is 0 Å². The maximum atomic E-state index is 9.26. The molecule has 1 aliphatic carbocycles. The number of rotatable bonds is 3. The number of aliphatic hydroxyl groups is 1. The van der Waals surface area contributed by atoms with E-state index < -0.39 is 0 Å². The lowest BCUT2D eigenvalue weighted by Crippen LogP contribution is -2.56. The molecule has 0 spiro atoms. The van der Waals surface area contributed by atoms with E-state index >= 15 is 0 Å². The average Bonchev–Trinajstić information content (AvgIpc) is 2.17. The van der Waals surface area contributed by atoms with E-state index in [2.05, 4.69) is 33.1 Å². The third-order valence-corrected chi connectivity index (χ3v) is 4.13. The van der Waals surface area contributed by atoms with Gasteiger partial charge in [0.05, 0.1) is 0 Å². The van der Waals surface area contributed by atoms with Gasteiger partial charge in [0.15, 0.2) is 0 Å². The quantitative estimate of drug-likeness (QED) is 0.755. The molecule has 0 saturated heterocycles. The minimum absolute atomic E-state index is 0.172. The van der Waals surface area contributed by atoms with E-state index in [0.717, 1.165) is 6.42 Å². The SMILES string of the molecule is CNC1(CCO)CCCCC1C(C)(C)C. The van der Waals surface area contributed by atoms with Gasteiger partial charge in [-0.05, 0) is 37.6 Å². The predicted octanol–water partition coefficient (Wildman–Crippen LogP) is 2.56. The highest BCUT2D eigenvalue weighted by molar-refractivity contribution is 5.00. The van der Waals surface area contributed by atoms with E-state index in [0.29, 0.717) is 17.9 Å². The van der Waals surface area contributed by atoms with Crippen LogP contribution in [0.5, 0.6) is 0 Å². The average molecular weight is 213 g/mol. The first-order valence-electron chi connectivity index (χ1n) is 6.26. The van der Waals surface area contributed by atoms with E-state index in [4.69, 9.17) is 0 Å². The lowest BCUT2D eigenvalue weighted by atomic mass is 9.61. The van der Waals surface area contributed by atoms with Crippen molar-refractivity contribution < 1.29 is 5.11 Å². The predicted molar refractivity (Wildman–Crippen MR) is 64.9 cm³/mol. The third-order valence-electron chi connectivity index (χ3n) is 4.13. The van der Waals surface area contributed by atoms with Gasteiger partial charge < -0.3 is 10.4 Å². The highest BCUT2D eigenvalue weighted by atomic mass is 16.3. The number of hydrogen-bond acceptors (Lipinski definition) is 2. The standard InChI is InChI=1S/C13H27NO/c1-12(2,3)11-7-5-6-8-13(11,14-4)9-10-15/h11,14-15H,5-10H2,1-4H3. The van der Waals surface area contributed by atoms with E-state index in [-0.39, 0.29) is 5.54 Å². The highest BCUT2D eigenvalue weighted by Crippen LogP contribution is 2.45. The second-order valence-electron chi connectivity index (χ2n) is 6.04. The molecule has 0 aliphatic heterocycles. The Balaban J connectivity index is 2.88. The van der Waals surface area contributed by atoms with Crippen molar-refractivity contribution in [2.24, 2.45) is 11.3 Å². The molecule has 0 aromatic heterocycles. The van der Waals surface area contributed by atoms with Crippen LogP contribution >= 0.6 is 0 Å². The minimum Gasteiger partial charge on any atom is -0.396 e. The molecular formula is C13H27NO. The highest BCUT2D eigenvalue weighted by Gasteiger charge is 2.44. The normalized spacial score (nSPS) is 33.0. The Labute approximate surface area is 94.5 Å². The Kier molecular flexibility index (Phi) is 4.19. The van der Waals surface area contributed by atoms with Crippen LogP contribution in [0.15, 0.2) is 0 Å². The van der Waals surface area contributed by atoms with Crippen LogP contribution in [0.1, 0.15) is 52.9 Å². The first-order valence-corrected chi connectivity index (χ1v) is 6.26. The number of nitrogens with one attached hydrogen (secondary N) is 1. The summed E-state index contributed by atoms with van der Waals surface area (Å²) in [5.41, 5.74) is 0.504. The summed E-state index contributed by atoms with van der Waals surface area (Å²) in [6.07, 6.45) is 6.05. The maximum Gasteiger partial charge on any atom is 0.0448 e. The van der Waals surface area contributed by atoms with Crippen LogP contribution in [0.2, 0.25) is 0 Å². The Bertz CT molecular complexity index is 193. The summed E-state index contributed by atoms with van der Waals surface area (Å²) in [4.78, 5) is 0. The van der Waals surface area contributed by atoms with Gasteiger partial charge in [-0.1, -0.05) is 33.6 Å². The molecule has 2 heteroatoms. The molecule has 2 nitrogen and oxygen atoms in total. The van der Waals surface area contributed by atoms with Crippen molar-refractivity contribution in [3.63, 3.8) is 0 Å². The zero-order chi connectivity index (χ0) is 11.5. The third kappa shape index (κ3) is 2.73. The van der Waals surface area contributed by atoms with Crippen LogP contribution in [0, 0.1) is 11.3 Å². The van der Waals surface area contributed by atoms with Crippen LogP contribution in [-0.2, 0) is 0 Å². The molecule has 0 radical (unpaired) electrons. The van der Waals surface area contributed by atoms with Crippen molar-refractivity contribution in [3.05, 3.63) is 0 Å². The summed E-state index contributed by atoms with van der Waals surface area (Å²) < 4.78 is 0. The van der Waals surface area contributed by atoms with Crippen LogP contribution < -0.4 is 5.32 Å². The summed E-state index contributed by atoms with van der Waals surface area (Å²) in [7, 11) is 2.06. The molecule has 0 amide bonds. The maximum absolute atomic E-state index is 9.26. The lowest BCUT2D eigenvalue weighted by Gasteiger charge is -2.50. The van der Waals surface area contributed by atoms with Crippen LogP contribution in [-0.4, -0.2) is 24.3 Å². The molecule has 2 atom stereocenters. The summed E-state index contributed by atoms with van der Waals surface area (Å²) >= 11 is 0. The molecule has 1 saturated carbocycles. The van der Waals surface area contributed by atoms with Crippen molar-refractivity contribution in [2.45, 2.75) is 58.4 Å². The molecule has 1 rings (SSSR count). The zero-order valence-corrected chi connectivity index (χ0v) is 10.8. The van der Waals surface area contributed by atoms with Gasteiger partial charge in [0.2, 0.25) is 0 Å². The van der Waals surface area contributed by atoms with Crippen molar-refractivity contribution in [1.29, 1.82) is 0 Å². The summed E-state index contributed by atoms with van der Waals surface area (Å²) in [5, 5.41) is 12.8. The molecule has 0 bridgehead atoms. The zero-order valence-electron chi connectivity index (χ0n) is 10.8. The first kappa shape index (κ1) is 13.0. The van der Waals surface area contributed by atoms with Crippen molar-refractivity contribution >= 4 is 0 Å². The Morgan fingerprint density at radius 1 is 1.33 bits per heavy atom. The minimum atomic E-state index is 0.172. The van der Waals surface area contributed by atoms with E-state index in [9.17, 15) is 5.11 Å². The van der Waals surface area contributed by atoms with Crippen molar-refractivity contribution in [1.82, 2.24) is 5.32 Å². The largest absolute Gasteiger partial charge is 0.396 e. The lowest BCUT2D eigenvalue weighted by molar-refractivity contribution is 0.0370. The van der Waals surface area contributed by atoms with Gasteiger partial charge in [-0.25, -0.2) is 0 Å². The number of hydrogen-bond donors (Lipinski definition) is 2. The van der Waals surface area contributed by atoms with Gasteiger partial charge in [-0.3, -0.25) is 0 Å². The van der Waals surface area contributed by atoms with Crippen LogP contribution in [0.25, 0.3) is 0 Å². The molecular weight excluding hydrogens is 186 g/mol. The second kappa shape index (κ2) is 4.84. The fourth-order valence-electron chi connectivity index (χ4n) is 3.42. The van der Waals surface area contributed by atoms with Gasteiger partial charge >= 0.3 is 0 Å². The van der Waals surface area contributed by atoms with Crippen LogP contribution in [0.4, 0.5) is 0 Å². The van der Waals surface area contributed by atoms with Gasteiger partial charge in [0.25, 0.3) is 0 Å². The van der Waals surface area contributed by atoms with Crippen molar-refractivity contribution in [3.8, 4) is 0 Å². The molecule has 2 N–H and O–H groups in total. The molecule has 1 aliphatic rings. The smallest absolute Gasteiger partial charge is 0.0448 e. The van der Waals surface area contributed by atoms with Crippen LogP contribution in [0.3, 0.4) is 0 Å². The molecule has 2 unspecified atom stereocenters. The fourth-order valence-corrected chi connectivity index (χ4v) is 3.42. The summed E-state index contributed by atoms with van der Waals surface area (Å²) in [6, 6.07) is 0. The Hall–Kier alpha value is -0.0800. The van der Waals surface area contributed by atoms with Gasteiger partial charge in [0.1, 0.15) is 0 Å². The summed E-state index contributed by atoms with van der Waals surface area (Å²) in [5.74, 6) is 0.677. The molecule has 0 aromatic rings. The summed E-state index contributed by atoms with van der Waals surface area (Å²) in [6.45, 7) is 7.28. The molecule has 1 fully saturated rings. The molecule has 0 heterocycles. The van der Waals surface area contributed by atoms with E-state index in [1.807, 2.05) is 0 Å². The van der Waals surface area contributed by atoms with Gasteiger partial charge in [-0.2, -0.15) is 0 Å². The van der Waals surface area contributed by atoms with Gasteiger partial charge in [0, 0.05) is 12.1 Å². The fraction of sp³-hybridized carbons (Fsp3) is 1.00. The molecule has 15 heavy (non-hydrogen) atoms. The molecule has 90 valence electrons. The molecule has 0 aromatic carbocycles. The Morgan fingerprint density at radius 3 is 2.47 bits per heavy atom.